The molecule has 86 valence electrons. The molecular weight excluding hydrogens is 212 g/mol. The Kier molecular flexibility index (Phi) is 5.15. The van der Waals surface area contributed by atoms with E-state index in [-0.39, 0.29) is 5.78 Å². The molecule has 0 heterocycles. The summed E-state index contributed by atoms with van der Waals surface area (Å²) in [5.41, 5.74) is 0. The summed E-state index contributed by atoms with van der Waals surface area (Å²) in [6, 6.07) is 0. The molecule has 1 fully saturated rings. The maximum Gasteiger partial charge on any atom is 0.315 e. The average molecular weight is 230 g/mol. The predicted octanol–water partition coefficient (Wildman–Crippen LogP) is 2.04. The third kappa shape index (κ3) is 3.86. The summed E-state index contributed by atoms with van der Waals surface area (Å²) in [6.07, 6.45) is 4.98. The van der Waals surface area contributed by atoms with E-state index in [9.17, 15) is 9.59 Å². The zero-order valence-corrected chi connectivity index (χ0v) is 10.1. The Morgan fingerprint density at radius 1 is 1.40 bits per heavy atom. The van der Waals surface area contributed by atoms with Crippen LogP contribution in [0.1, 0.15) is 32.6 Å². The maximum absolute atomic E-state index is 11.6. The van der Waals surface area contributed by atoms with Gasteiger partial charge in [-0.2, -0.15) is 11.8 Å². The van der Waals surface area contributed by atoms with Crippen LogP contribution in [0.4, 0.5) is 0 Å². The van der Waals surface area contributed by atoms with Crippen LogP contribution in [0.25, 0.3) is 0 Å². The van der Waals surface area contributed by atoms with E-state index >= 15 is 0 Å². The molecule has 3 nitrogen and oxygen atoms in total. The Morgan fingerprint density at radius 3 is 2.53 bits per heavy atom. The van der Waals surface area contributed by atoms with Crippen molar-refractivity contribution in [1.29, 1.82) is 0 Å². The molecule has 1 saturated carbocycles. The van der Waals surface area contributed by atoms with Crippen molar-refractivity contribution in [2.45, 2.75) is 37.9 Å². The smallest absolute Gasteiger partial charge is 0.315 e. The van der Waals surface area contributed by atoms with Crippen LogP contribution < -0.4 is 0 Å². The number of ether oxygens (including phenoxy) is 1. The van der Waals surface area contributed by atoms with Gasteiger partial charge in [0.2, 0.25) is 0 Å². The molecule has 0 aromatic heterocycles. The van der Waals surface area contributed by atoms with Gasteiger partial charge in [-0.15, -0.1) is 0 Å². The second-order valence-corrected chi connectivity index (χ2v) is 5.22. The minimum Gasteiger partial charge on any atom is -0.468 e. The highest BCUT2D eigenvalue weighted by Gasteiger charge is 2.24. The monoisotopic (exact) mass is 230 g/mol. The Bertz CT molecular complexity index is 234. The first-order valence-corrected chi connectivity index (χ1v) is 6.42. The number of methoxy groups -OCH3 is 1. The molecule has 0 saturated heterocycles. The molecule has 0 amide bonds. The highest BCUT2D eigenvalue weighted by Crippen LogP contribution is 2.29. The third-order valence-corrected chi connectivity index (χ3v) is 4.20. The molecule has 4 heteroatoms. The maximum atomic E-state index is 11.6. The summed E-state index contributed by atoms with van der Waals surface area (Å²) in [4.78, 5) is 22.7. The number of Topliss-reactive ketones (excluding diaryl/α,β-unsaturated/α-hetero) is 1. The average Bonchev–Trinajstić information content (AvgIpc) is 2.76. The molecule has 1 rings (SSSR count). The number of thioether (sulfide) groups is 1. The summed E-state index contributed by atoms with van der Waals surface area (Å²) < 4.78 is 4.54. The molecule has 0 radical (unpaired) electrons. The zero-order chi connectivity index (χ0) is 11.3. The summed E-state index contributed by atoms with van der Waals surface area (Å²) >= 11 is 1.69. The first-order valence-electron chi connectivity index (χ1n) is 5.37. The highest BCUT2D eigenvalue weighted by molar-refractivity contribution is 8.00. The first-order chi connectivity index (χ1) is 7.15. The van der Waals surface area contributed by atoms with Gasteiger partial charge in [0.15, 0.2) is 5.78 Å². The van der Waals surface area contributed by atoms with Gasteiger partial charge in [0.05, 0.1) is 12.9 Å². The number of carbonyl (C=O) groups excluding carboxylic acids is 2. The summed E-state index contributed by atoms with van der Waals surface area (Å²) in [7, 11) is 1.32. The molecule has 0 N–H and O–H groups in total. The van der Waals surface area contributed by atoms with Crippen LogP contribution >= 0.6 is 11.8 Å². The van der Waals surface area contributed by atoms with Crippen molar-refractivity contribution in [2.24, 2.45) is 5.92 Å². The molecule has 0 bridgehead atoms. The first kappa shape index (κ1) is 12.6. The predicted molar refractivity (Wildman–Crippen MR) is 60.9 cm³/mol. The molecule has 1 aliphatic carbocycles. The van der Waals surface area contributed by atoms with Crippen molar-refractivity contribution in [2.75, 3.05) is 12.9 Å². The van der Waals surface area contributed by atoms with Crippen molar-refractivity contribution in [3.63, 3.8) is 0 Å². The van der Waals surface area contributed by atoms with Gasteiger partial charge in [-0.05, 0) is 19.8 Å². The fourth-order valence-corrected chi connectivity index (χ4v) is 3.00. The minimum absolute atomic E-state index is 0.0150. The van der Waals surface area contributed by atoms with Crippen molar-refractivity contribution < 1.29 is 14.3 Å². The molecule has 0 aromatic rings. The second-order valence-electron chi connectivity index (χ2n) is 3.93. The third-order valence-electron chi connectivity index (χ3n) is 2.80. The lowest BCUT2D eigenvalue weighted by atomic mass is 10.1. The number of carbonyl (C=O) groups is 2. The van der Waals surface area contributed by atoms with Gasteiger partial charge in [-0.1, -0.05) is 12.8 Å². The van der Waals surface area contributed by atoms with Crippen LogP contribution in [-0.4, -0.2) is 29.9 Å². The molecule has 1 aliphatic rings. The van der Waals surface area contributed by atoms with Crippen LogP contribution in [0.5, 0.6) is 0 Å². The van der Waals surface area contributed by atoms with E-state index in [4.69, 9.17) is 0 Å². The van der Waals surface area contributed by atoms with Crippen LogP contribution in [0.2, 0.25) is 0 Å². The Labute approximate surface area is 94.9 Å². The zero-order valence-electron chi connectivity index (χ0n) is 9.32. The van der Waals surface area contributed by atoms with Crippen LogP contribution in [-0.2, 0) is 14.3 Å². The van der Waals surface area contributed by atoms with E-state index in [2.05, 4.69) is 4.74 Å². The molecule has 1 atom stereocenters. The molecule has 15 heavy (non-hydrogen) atoms. The number of hydrogen-bond donors (Lipinski definition) is 0. The molecule has 0 aliphatic heterocycles. The van der Waals surface area contributed by atoms with E-state index in [1.807, 2.05) is 0 Å². The summed E-state index contributed by atoms with van der Waals surface area (Å²) in [6.45, 7) is 1.61. The van der Waals surface area contributed by atoms with E-state index in [0.717, 1.165) is 0 Å². The van der Waals surface area contributed by atoms with E-state index in [1.54, 1.807) is 18.7 Å². The normalized spacial score (nSPS) is 18.8. The topological polar surface area (TPSA) is 43.4 Å². The Balaban J connectivity index is 2.25. The lowest BCUT2D eigenvalue weighted by molar-refractivity contribution is -0.147. The fraction of sp³-hybridized carbons (Fsp3) is 0.818. The Hall–Kier alpha value is -0.510. The van der Waals surface area contributed by atoms with Crippen molar-refractivity contribution in [3.05, 3.63) is 0 Å². The standard InChI is InChI=1S/C11H18O3S/c1-8(11(13)14-2)10(12)7-15-9-5-3-4-6-9/h8-9H,3-7H2,1-2H3. The van der Waals surface area contributed by atoms with Crippen molar-refractivity contribution >= 4 is 23.5 Å². The van der Waals surface area contributed by atoms with Gasteiger partial charge in [0.25, 0.3) is 0 Å². The van der Waals surface area contributed by atoms with Crippen LogP contribution in [0, 0.1) is 5.92 Å². The van der Waals surface area contributed by atoms with Crippen LogP contribution in [0.15, 0.2) is 0 Å². The van der Waals surface area contributed by atoms with E-state index < -0.39 is 11.9 Å². The SMILES string of the molecule is COC(=O)C(C)C(=O)CSC1CCCC1. The van der Waals surface area contributed by atoms with Gasteiger partial charge in [0, 0.05) is 5.25 Å². The Morgan fingerprint density at radius 2 is 2.00 bits per heavy atom. The van der Waals surface area contributed by atoms with Crippen molar-refractivity contribution in [1.82, 2.24) is 0 Å². The highest BCUT2D eigenvalue weighted by atomic mass is 32.2. The van der Waals surface area contributed by atoms with Gasteiger partial charge >= 0.3 is 5.97 Å². The van der Waals surface area contributed by atoms with E-state index in [1.165, 1.54) is 32.8 Å². The van der Waals surface area contributed by atoms with Gasteiger partial charge in [0.1, 0.15) is 5.92 Å². The van der Waals surface area contributed by atoms with Crippen molar-refractivity contribution in [3.8, 4) is 0 Å². The minimum atomic E-state index is -0.607. The van der Waals surface area contributed by atoms with Gasteiger partial charge in [-0.25, -0.2) is 0 Å². The number of ketones is 1. The second kappa shape index (κ2) is 6.16. The summed E-state index contributed by atoms with van der Waals surface area (Å²) in [5.74, 6) is -0.601. The fourth-order valence-electron chi connectivity index (χ4n) is 1.69. The number of rotatable bonds is 5. The lowest BCUT2D eigenvalue weighted by Gasteiger charge is -2.10. The number of esters is 1. The van der Waals surface area contributed by atoms with Gasteiger partial charge in [-0.3, -0.25) is 9.59 Å². The largest absolute Gasteiger partial charge is 0.468 e. The molecule has 0 spiro atoms. The van der Waals surface area contributed by atoms with E-state index in [0.29, 0.717) is 11.0 Å². The molecule has 1 unspecified atom stereocenters. The van der Waals surface area contributed by atoms with Crippen LogP contribution in [0.3, 0.4) is 0 Å². The summed E-state index contributed by atoms with van der Waals surface area (Å²) in [5, 5.41) is 0.624. The number of hydrogen-bond acceptors (Lipinski definition) is 4. The molecular formula is C11H18O3S. The van der Waals surface area contributed by atoms with Gasteiger partial charge < -0.3 is 4.74 Å². The quantitative estimate of drug-likeness (QED) is 0.535. The lowest BCUT2D eigenvalue weighted by Crippen LogP contribution is -2.24. The molecule has 0 aromatic carbocycles.